The summed E-state index contributed by atoms with van der Waals surface area (Å²) in [7, 11) is 0. The number of hydrogen-bond donors (Lipinski definition) is 2. The predicted octanol–water partition coefficient (Wildman–Crippen LogP) is 4.44. The molecule has 3 atom stereocenters. The average Bonchev–Trinajstić information content (AvgIpc) is 2.70. The molecule has 1 aromatic carbocycles. The second kappa shape index (κ2) is 7.40. The Bertz CT molecular complexity index is 881. The standard InChI is InChI=1S/C24H32O4/c1-15-7-10-23(3,4)8-6-9-24(5)17(13-19(15)25)12-18-16(2)11-20(26)21(27)14-22(18)28-24/h6-8,11,14,17,19,25H,9-10,12-13H2,1-5H3,(H,26,27)/b8-6+,15-7+/t17-,19+,24-/m0/s1. The summed E-state index contributed by atoms with van der Waals surface area (Å²) in [5.74, 6) is 0.372. The van der Waals surface area contributed by atoms with Crippen LogP contribution < -0.4 is 10.2 Å². The molecule has 3 rings (SSSR count). The van der Waals surface area contributed by atoms with Gasteiger partial charge in [-0.2, -0.15) is 0 Å². The number of hydrogen-bond acceptors (Lipinski definition) is 4. The molecule has 0 unspecified atom stereocenters. The number of aryl methyl sites for hydroxylation is 1. The van der Waals surface area contributed by atoms with Gasteiger partial charge in [-0.05, 0) is 68.2 Å². The van der Waals surface area contributed by atoms with Crippen molar-refractivity contribution in [3.05, 3.63) is 57.3 Å². The van der Waals surface area contributed by atoms with Gasteiger partial charge in [0.2, 0.25) is 5.43 Å². The Morgan fingerprint density at radius 2 is 1.86 bits per heavy atom. The van der Waals surface area contributed by atoms with E-state index in [4.69, 9.17) is 4.74 Å². The predicted molar refractivity (Wildman–Crippen MR) is 112 cm³/mol. The first-order valence-electron chi connectivity index (χ1n) is 10.1. The molecule has 0 bridgehead atoms. The van der Waals surface area contributed by atoms with Crippen LogP contribution in [0.25, 0.3) is 0 Å². The van der Waals surface area contributed by atoms with Gasteiger partial charge in [0.15, 0.2) is 5.75 Å². The summed E-state index contributed by atoms with van der Waals surface area (Å²) in [5.41, 5.74) is 1.80. The fourth-order valence-electron chi connectivity index (χ4n) is 4.22. The highest BCUT2D eigenvalue weighted by Crippen LogP contribution is 2.43. The molecule has 1 aliphatic heterocycles. The first-order chi connectivity index (χ1) is 13.0. The summed E-state index contributed by atoms with van der Waals surface area (Å²) in [6.07, 6.45) is 8.88. The van der Waals surface area contributed by atoms with Gasteiger partial charge >= 0.3 is 0 Å². The molecular formula is C24H32O4. The van der Waals surface area contributed by atoms with Gasteiger partial charge in [-0.3, -0.25) is 4.79 Å². The molecule has 2 N–H and O–H groups in total. The van der Waals surface area contributed by atoms with Crippen LogP contribution in [-0.2, 0) is 6.42 Å². The second-order valence-electron chi connectivity index (χ2n) is 9.38. The molecule has 0 amide bonds. The molecule has 4 heteroatoms. The summed E-state index contributed by atoms with van der Waals surface area (Å²) >= 11 is 0. The highest BCUT2D eigenvalue weighted by molar-refractivity contribution is 5.44. The van der Waals surface area contributed by atoms with Crippen LogP contribution in [0.5, 0.6) is 11.5 Å². The zero-order valence-electron chi connectivity index (χ0n) is 17.6. The lowest BCUT2D eigenvalue weighted by molar-refractivity contribution is -0.00739. The van der Waals surface area contributed by atoms with Crippen molar-refractivity contribution in [1.82, 2.24) is 0 Å². The van der Waals surface area contributed by atoms with Crippen LogP contribution in [-0.4, -0.2) is 21.9 Å². The molecule has 28 heavy (non-hydrogen) atoms. The molecule has 2 aliphatic rings. The molecule has 0 saturated carbocycles. The third-order valence-electron chi connectivity index (χ3n) is 6.37. The Labute approximate surface area is 167 Å². The van der Waals surface area contributed by atoms with Gasteiger partial charge in [-0.25, -0.2) is 0 Å². The van der Waals surface area contributed by atoms with Crippen LogP contribution in [0.1, 0.15) is 58.1 Å². The van der Waals surface area contributed by atoms with E-state index in [0.29, 0.717) is 25.0 Å². The van der Waals surface area contributed by atoms with Crippen molar-refractivity contribution in [3.63, 3.8) is 0 Å². The third kappa shape index (κ3) is 4.17. The van der Waals surface area contributed by atoms with Crippen LogP contribution in [0.3, 0.4) is 0 Å². The van der Waals surface area contributed by atoms with Crippen LogP contribution in [0, 0.1) is 18.3 Å². The number of aliphatic hydroxyl groups excluding tert-OH is 1. The first-order valence-corrected chi connectivity index (χ1v) is 10.1. The maximum absolute atomic E-state index is 12.2. The summed E-state index contributed by atoms with van der Waals surface area (Å²) in [6, 6.07) is 2.92. The van der Waals surface area contributed by atoms with Gasteiger partial charge in [0.1, 0.15) is 11.4 Å². The van der Waals surface area contributed by atoms with Crippen molar-refractivity contribution in [3.8, 4) is 11.5 Å². The fourth-order valence-corrected chi connectivity index (χ4v) is 4.22. The van der Waals surface area contributed by atoms with Crippen molar-refractivity contribution >= 4 is 0 Å². The Morgan fingerprint density at radius 3 is 2.57 bits per heavy atom. The molecule has 0 aromatic heterocycles. The van der Waals surface area contributed by atoms with E-state index in [-0.39, 0.29) is 17.1 Å². The number of ether oxygens (including phenoxy) is 1. The van der Waals surface area contributed by atoms with Gasteiger partial charge in [0, 0.05) is 18.4 Å². The number of aromatic hydroxyl groups is 1. The number of aliphatic hydroxyl groups is 1. The summed E-state index contributed by atoms with van der Waals surface area (Å²) < 4.78 is 6.43. The minimum Gasteiger partial charge on any atom is -0.504 e. The highest BCUT2D eigenvalue weighted by Gasteiger charge is 2.42. The van der Waals surface area contributed by atoms with E-state index in [9.17, 15) is 15.0 Å². The average molecular weight is 385 g/mol. The quantitative estimate of drug-likeness (QED) is 0.649. The Morgan fingerprint density at radius 1 is 1.14 bits per heavy atom. The van der Waals surface area contributed by atoms with E-state index in [0.717, 1.165) is 23.1 Å². The van der Waals surface area contributed by atoms with Crippen LogP contribution >= 0.6 is 0 Å². The van der Waals surface area contributed by atoms with Crippen molar-refractivity contribution in [2.45, 2.75) is 72.0 Å². The maximum Gasteiger partial charge on any atom is 0.223 e. The highest BCUT2D eigenvalue weighted by atomic mass is 16.5. The minimum absolute atomic E-state index is 0.000751. The molecule has 0 radical (unpaired) electrons. The van der Waals surface area contributed by atoms with Crippen molar-refractivity contribution < 1.29 is 14.9 Å². The van der Waals surface area contributed by atoms with Crippen molar-refractivity contribution in [2.24, 2.45) is 11.3 Å². The molecular weight excluding hydrogens is 352 g/mol. The molecule has 0 fully saturated rings. The van der Waals surface area contributed by atoms with E-state index in [2.05, 4.69) is 39.0 Å². The zero-order chi connectivity index (χ0) is 20.7. The van der Waals surface area contributed by atoms with Crippen molar-refractivity contribution in [2.75, 3.05) is 0 Å². The van der Waals surface area contributed by atoms with Gasteiger partial charge in [0.05, 0.1) is 6.10 Å². The first kappa shape index (κ1) is 20.7. The Balaban J connectivity index is 2.09. The number of fused-ring (bicyclic) bond motifs is 2. The fraction of sp³-hybridized carbons (Fsp3) is 0.542. The van der Waals surface area contributed by atoms with Crippen molar-refractivity contribution in [1.29, 1.82) is 0 Å². The second-order valence-corrected chi connectivity index (χ2v) is 9.38. The number of rotatable bonds is 0. The molecule has 4 nitrogen and oxygen atoms in total. The maximum atomic E-state index is 12.2. The SMILES string of the molecule is C/C1=C\CC(C)(C)/C=C/C[C@]2(C)Oc3cc(=O)c(O)cc(C)c3C[C@H]2C[C@H]1O. The van der Waals surface area contributed by atoms with E-state index >= 15 is 0 Å². The lowest BCUT2D eigenvalue weighted by Crippen LogP contribution is -2.46. The normalized spacial score (nSPS) is 32.6. The Kier molecular flexibility index (Phi) is 5.46. The molecule has 0 saturated heterocycles. The minimum atomic E-state index is -0.534. The van der Waals surface area contributed by atoms with Gasteiger partial charge in [-0.1, -0.05) is 32.1 Å². The van der Waals surface area contributed by atoms with Gasteiger partial charge in [-0.15, -0.1) is 0 Å². The topological polar surface area (TPSA) is 66.8 Å². The van der Waals surface area contributed by atoms with Crippen LogP contribution in [0.15, 0.2) is 40.7 Å². The largest absolute Gasteiger partial charge is 0.504 e. The Hall–Kier alpha value is -2.07. The van der Waals surface area contributed by atoms with E-state index < -0.39 is 17.1 Å². The monoisotopic (exact) mass is 384 g/mol. The van der Waals surface area contributed by atoms with E-state index in [1.54, 1.807) is 0 Å². The van der Waals surface area contributed by atoms with E-state index in [1.165, 1.54) is 12.1 Å². The zero-order valence-corrected chi connectivity index (χ0v) is 17.6. The van der Waals surface area contributed by atoms with Crippen LogP contribution in [0.4, 0.5) is 0 Å². The molecule has 0 spiro atoms. The lowest BCUT2D eigenvalue weighted by atomic mass is 9.75. The van der Waals surface area contributed by atoms with E-state index in [1.807, 2.05) is 13.8 Å². The summed E-state index contributed by atoms with van der Waals surface area (Å²) in [6.45, 7) is 10.3. The lowest BCUT2D eigenvalue weighted by Gasteiger charge is -2.43. The summed E-state index contributed by atoms with van der Waals surface area (Å²) in [5, 5.41) is 20.8. The van der Waals surface area contributed by atoms with Gasteiger partial charge in [0.25, 0.3) is 0 Å². The smallest absolute Gasteiger partial charge is 0.223 e. The van der Waals surface area contributed by atoms with Crippen LogP contribution in [0.2, 0.25) is 0 Å². The number of allylic oxidation sites excluding steroid dienone is 2. The molecule has 1 aromatic rings. The summed E-state index contributed by atoms with van der Waals surface area (Å²) in [4.78, 5) is 12.2. The molecule has 1 aliphatic carbocycles. The van der Waals surface area contributed by atoms with Gasteiger partial charge < -0.3 is 14.9 Å². The molecule has 152 valence electrons. The molecule has 1 heterocycles. The third-order valence-corrected chi connectivity index (χ3v) is 6.37.